The molecule has 1 atom stereocenters. The predicted molar refractivity (Wildman–Crippen MR) is 146 cm³/mol. The first kappa shape index (κ1) is 25.1. The lowest BCUT2D eigenvalue weighted by molar-refractivity contribution is -0.137. The summed E-state index contributed by atoms with van der Waals surface area (Å²) >= 11 is 0. The van der Waals surface area contributed by atoms with Crippen molar-refractivity contribution in [2.75, 3.05) is 13.1 Å². The lowest BCUT2D eigenvalue weighted by Gasteiger charge is -2.44. The Morgan fingerprint density at radius 1 is 0.833 bits per heavy atom. The van der Waals surface area contributed by atoms with Crippen molar-refractivity contribution in [1.82, 2.24) is 9.24 Å². The number of aryl methyl sites for hydroxylation is 1. The second-order valence-electron chi connectivity index (χ2n) is 10.5. The zero-order chi connectivity index (χ0) is 25.7. The molecular weight excluding hydrogens is 478 g/mol. The van der Waals surface area contributed by atoms with Crippen LogP contribution >= 0.6 is 7.21 Å². The van der Waals surface area contributed by atoms with Crippen LogP contribution in [0.15, 0.2) is 71.5 Å². The summed E-state index contributed by atoms with van der Waals surface area (Å²) in [7, 11) is -2.63. The molecule has 1 saturated heterocycles. The predicted octanol–water partition coefficient (Wildman–Crippen LogP) is 8.80. The molecule has 0 N–H and O–H groups in total. The number of aromatic nitrogens is 1. The molecule has 4 aromatic rings. The van der Waals surface area contributed by atoms with Crippen LogP contribution in [-0.4, -0.2) is 27.5 Å². The van der Waals surface area contributed by atoms with E-state index in [1.807, 2.05) is 12.1 Å². The summed E-state index contributed by atoms with van der Waals surface area (Å²) in [5, 5.41) is 2.98. The second-order valence-corrected chi connectivity index (χ2v) is 14.3. The van der Waals surface area contributed by atoms with Gasteiger partial charge in [0.15, 0.2) is 0 Å². The highest BCUT2D eigenvalue weighted by Crippen LogP contribution is 2.65. The van der Waals surface area contributed by atoms with Gasteiger partial charge in [-0.05, 0) is 56.2 Å². The quantitative estimate of drug-likeness (QED) is 0.251. The average Bonchev–Trinajstić information content (AvgIpc) is 3.47. The van der Waals surface area contributed by atoms with E-state index < -0.39 is 18.9 Å². The number of hydrogen-bond acceptors (Lipinski definition) is 1. The molecule has 3 aromatic carbocycles. The van der Waals surface area contributed by atoms with Gasteiger partial charge in [-0.1, -0.05) is 51.1 Å². The highest BCUT2D eigenvalue weighted by atomic mass is 31.2. The van der Waals surface area contributed by atoms with E-state index in [1.54, 1.807) is 6.07 Å². The molecule has 0 unspecified atom stereocenters. The van der Waals surface area contributed by atoms with Gasteiger partial charge < -0.3 is 4.57 Å². The zero-order valence-electron chi connectivity index (χ0n) is 21.3. The maximum atomic E-state index is 14.1. The Kier molecular flexibility index (Phi) is 6.33. The Morgan fingerprint density at radius 3 is 2.14 bits per heavy atom. The Bertz CT molecular complexity index is 1470. The van der Waals surface area contributed by atoms with Gasteiger partial charge in [0.1, 0.15) is 0 Å². The minimum Gasteiger partial charge on any atom is -0.341 e. The lowest BCUT2D eigenvalue weighted by atomic mass is 10.1. The van der Waals surface area contributed by atoms with E-state index in [1.165, 1.54) is 23.0 Å². The fraction of sp³-hybridized carbons (Fsp3) is 0.379. The summed E-state index contributed by atoms with van der Waals surface area (Å²) in [6.07, 6.45) is -2.39. The van der Waals surface area contributed by atoms with Crippen molar-refractivity contribution < 1.29 is 13.2 Å². The Balaban J connectivity index is 1.88. The zero-order valence-corrected chi connectivity index (χ0v) is 22.2. The minimum absolute atomic E-state index is 0.0382. The number of halogens is 3. The van der Waals surface area contributed by atoms with E-state index in [0.29, 0.717) is 0 Å². The largest absolute Gasteiger partial charge is 0.418 e. The average molecular weight is 512 g/mol. The van der Waals surface area contributed by atoms with Gasteiger partial charge >= 0.3 is 6.18 Å². The smallest absolute Gasteiger partial charge is 0.341 e. The fourth-order valence-electron chi connectivity index (χ4n) is 5.77. The first-order chi connectivity index (χ1) is 17.1. The van der Waals surface area contributed by atoms with E-state index in [9.17, 15) is 13.2 Å². The maximum absolute atomic E-state index is 14.1. The van der Waals surface area contributed by atoms with Crippen molar-refractivity contribution in [3.05, 3.63) is 72.3 Å². The van der Waals surface area contributed by atoms with Crippen LogP contribution in [0.3, 0.4) is 0 Å². The standard InChI is InChI=1S/C29H33F3N3P/c1-5-35-26-15-9-6-12-22(26)23-20-21(16-17-27(23)35)36(28(2,3)4,34-18-10-11-19-34)33-25-14-8-7-13-24(25)29(30,31)32/h6-9,12-17,20H,5,10-11,18-19H2,1-4H3/t36-/m0/s1. The molecule has 3 nitrogen and oxygen atoms in total. The maximum Gasteiger partial charge on any atom is 0.418 e. The SMILES string of the molecule is CCn1c2ccccc2c2cc([P@](=Nc3ccccc3C(F)(F)F)(N3CCCC3)C(C)(C)C)ccc21. The summed E-state index contributed by atoms with van der Waals surface area (Å²) in [4.78, 5) is 0. The van der Waals surface area contributed by atoms with Gasteiger partial charge in [-0.15, -0.1) is 0 Å². The molecule has 5 rings (SSSR count). The lowest BCUT2D eigenvalue weighted by Crippen LogP contribution is -2.35. The molecular formula is C29H33F3N3P. The van der Waals surface area contributed by atoms with E-state index in [2.05, 4.69) is 67.3 Å². The third-order valence-corrected chi connectivity index (χ3v) is 11.9. The van der Waals surface area contributed by atoms with Crippen molar-refractivity contribution in [2.24, 2.45) is 4.74 Å². The number of nitrogens with zero attached hydrogens (tertiary/aromatic N) is 3. The van der Waals surface area contributed by atoms with Gasteiger partial charge in [0.2, 0.25) is 0 Å². The fourth-order valence-corrected chi connectivity index (χ4v) is 10.2. The third-order valence-electron chi connectivity index (χ3n) is 7.32. The topological polar surface area (TPSA) is 20.5 Å². The van der Waals surface area contributed by atoms with Gasteiger partial charge in [0.25, 0.3) is 0 Å². The Hall–Kier alpha value is -2.56. The Morgan fingerprint density at radius 2 is 1.47 bits per heavy atom. The molecule has 0 bridgehead atoms. The number of alkyl halides is 3. The highest BCUT2D eigenvalue weighted by molar-refractivity contribution is 7.73. The second kappa shape index (κ2) is 9.08. The molecule has 190 valence electrons. The Labute approximate surface area is 211 Å². The van der Waals surface area contributed by atoms with Gasteiger partial charge in [-0.2, -0.15) is 13.2 Å². The van der Waals surface area contributed by atoms with Gasteiger partial charge in [-0.3, -0.25) is 4.67 Å². The van der Waals surface area contributed by atoms with Crippen LogP contribution in [0, 0.1) is 0 Å². The molecule has 36 heavy (non-hydrogen) atoms. The van der Waals surface area contributed by atoms with Crippen molar-refractivity contribution in [3.63, 3.8) is 0 Å². The van der Waals surface area contributed by atoms with Crippen LogP contribution in [0.1, 0.15) is 46.1 Å². The molecule has 1 aromatic heterocycles. The molecule has 0 radical (unpaired) electrons. The van der Waals surface area contributed by atoms with E-state index in [-0.39, 0.29) is 10.8 Å². The molecule has 1 aliphatic rings. The number of hydrogen-bond donors (Lipinski definition) is 0. The summed E-state index contributed by atoms with van der Waals surface area (Å²) < 4.78 is 52.1. The molecule has 0 aliphatic carbocycles. The van der Waals surface area contributed by atoms with Crippen LogP contribution in [0.5, 0.6) is 0 Å². The molecule has 0 saturated carbocycles. The summed E-state index contributed by atoms with van der Waals surface area (Å²) in [5.74, 6) is 0. The van der Waals surface area contributed by atoms with E-state index in [0.717, 1.165) is 54.7 Å². The first-order valence-corrected chi connectivity index (χ1v) is 14.3. The highest BCUT2D eigenvalue weighted by Gasteiger charge is 2.43. The van der Waals surface area contributed by atoms with Crippen LogP contribution in [0.2, 0.25) is 0 Å². The third kappa shape index (κ3) is 3.99. The van der Waals surface area contributed by atoms with E-state index >= 15 is 0 Å². The molecule has 1 fully saturated rings. The normalized spacial score (nSPS) is 17.1. The van der Waals surface area contributed by atoms with Crippen molar-refractivity contribution in [2.45, 2.75) is 58.4 Å². The monoisotopic (exact) mass is 511 g/mol. The molecule has 0 spiro atoms. The number of fused-ring (bicyclic) bond motifs is 3. The molecule has 2 heterocycles. The molecule has 0 amide bonds. The van der Waals surface area contributed by atoms with E-state index in [4.69, 9.17) is 4.74 Å². The van der Waals surface area contributed by atoms with Crippen molar-refractivity contribution in [1.29, 1.82) is 0 Å². The number of rotatable bonds is 4. The van der Waals surface area contributed by atoms with Gasteiger partial charge in [0, 0.05) is 51.9 Å². The van der Waals surface area contributed by atoms with Crippen LogP contribution in [0.25, 0.3) is 21.8 Å². The molecule has 7 heteroatoms. The van der Waals surface area contributed by atoms with Gasteiger partial charge in [0.05, 0.1) is 18.5 Å². The number of para-hydroxylation sites is 1. The minimum atomic E-state index is -4.46. The van der Waals surface area contributed by atoms with Crippen LogP contribution in [-0.2, 0) is 12.7 Å². The van der Waals surface area contributed by atoms with Crippen LogP contribution in [0.4, 0.5) is 18.9 Å². The van der Waals surface area contributed by atoms with Gasteiger partial charge in [-0.25, -0.2) is 4.74 Å². The summed E-state index contributed by atoms with van der Waals surface area (Å²) in [6.45, 7) is 11.1. The van der Waals surface area contributed by atoms with Crippen molar-refractivity contribution in [3.8, 4) is 0 Å². The molecule has 1 aliphatic heterocycles. The summed E-state index contributed by atoms with van der Waals surface area (Å²) in [6, 6.07) is 20.7. The van der Waals surface area contributed by atoms with Crippen molar-refractivity contribution >= 4 is 40.0 Å². The van der Waals surface area contributed by atoms with Crippen LogP contribution < -0.4 is 5.30 Å². The number of benzene rings is 3. The summed E-state index contributed by atoms with van der Waals surface area (Å²) in [5.41, 5.74) is 1.69. The first-order valence-electron chi connectivity index (χ1n) is 12.6.